The van der Waals surface area contributed by atoms with Crippen LogP contribution in [0.25, 0.3) is 11.3 Å². The molecule has 1 fully saturated rings. The van der Waals surface area contributed by atoms with E-state index in [-0.39, 0.29) is 42.7 Å². The normalized spacial score (nSPS) is 15.1. The van der Waals surface area contributed by atoms with Gasteiger partial charge >= 0.3 is 0 Å². The van der Waals surface area contributed by atoms with Gasteiger partial charge in [-0.05, 0) is 48.5 Å². The van der Waals surface area contributed by atoms with Crippen molar-refractivity contribution in [1.82, 2.24) is 9.21 Å². The highest BCUT2D eigenvalue weighted by Gasteiger charge is 2.31. The molecular formula is C22H21ClN2O5S. The summed E-state index contributed by atoms with van der Waals surface area (Å²) in [6.07, 6.45) is 0. The van der Waals surface area contributed by atoms with Crippen molar-refractivity contribution in [3.05, 3.63) is 71.4 Å². The fourth-order valence-electron chi connectivity index (χ4n) is 3.44. The molecular weight excluding hydrogens is 440 g/mol. The lowest BCUT2D eigenvalue weighted by Crippen LogP contribution is -2.50. The fraction of sp³-hybridized carbons (Fsp3) is 0.227. The van der Waals surface area contributed by atoms with Crippen molar-refractivity contribution in [1.29, 1.82) is 0 Å². The van der Waals surface area contributed by atoms with E-state index in [1.165, 1.54) is 23.5 Å². The highest BCUT2D eigenvalue weighted by Crippen LogP contribution is 2.29. The van der Waals surface area contributed by atoms with E-state index in [1.807, 2.05) is 18.2 Å². The maximum Gasteiger partial charge on any atom is 0.289 e. The summed E-state index contributed by atoms with van der Waals surface area (Å²) in [5, 5.41) is 0.535. The van der Waals surface area contributed by atoms with Crippen LogP contribution in [0, 0.1) is 0 Å². The lowest BCUT2D eigenvalue weighted by molar-refractivity contribution is 0.0667. The van der Waals surface area contributed by atoms with Crippen LogP contribution in [0.1, 0.15) is 10.6 Å². The number of methoxy groups -OCH3 is 1. The molecule has 1 aromatic heterocycles. The molecule has 0 spiro atoms. The molecule has 0 aliphatic carbocycles. The molecule has 9 heteroatoms. The molecule has 0 unspecified atom stereocenters. The summed E-state index contributed by atoms with van der Waals surface area (Å²) < 4.78 is 37.9. The average molecular weight is 461 g/mol. The third-order valence-electron chi connectivity index (χ3n) is 5.18. The minimum Gasteiger partial charge on any atom is -0.497 e. The Labute approximate surface area is 185 Å². The third-order valence-corrected chi connectivity index (χ3v) is 7.42. The summed E-state index contributed by atoms with van der Waals surface area (Å²) >= 11 is 6.20. The van der Waals surface area contributed by atoms with Crippen molar-refractivity contribution >= 4 is 27.5 Å². The molecule has 0 atom stereocenters. The fourth-order valence-corrected chi connectivity index (χ4v) is 5.09. The number of hydrogen-bond donors (Lipinski definition) is 0. The maximum atomic E-state index is 12.9. The van der Waals surface area contributed by atoms with Crippen LogP contribution in [-0.4, -0.2) is 56.8 Å². The number of hydrogen-bond acceptors (Lipinski definition) is 5. The molecule has 2 heterocycles. The molecule has 4 rings (SSSR count). The van der Waals surface area contributed by atoms with Crippen LogP contribution in [0.5, 0.6) is 5.75 Å². The van der Waals surface area contributed by atoms with Gasteiger partial charge in [-0.1, -0.05) is 23.7 Å². The van der Waals surface area contributed by atoms with Crippen LogP contribution in [-0.2, 0) is 10.0 Å². The van der Waals surface area contributed by atoms with E-state index in [4.69, 9.17) is 20.8 Å². The number of sulfonamides is 1. The van der Waals surface area contributed by atoms with E-state index in [9.17, 15) is 13.2 Å². The highest BCUT2D eigenvalue weighted by atomic mass is 35.5. The van der Waals surface area contributed by atoms with Crippen molar-refractivity contribution < 1.29 is 22.4 Å². The van der Waals surface area contributed by atoms with E-state index in [1.54, 1.807) is 35.2 Å². The number of carbonyl (C=O) groups excluding carboxylic acids is 1. The molecule has 1 amide bonds. The number of piperazine rings is 1. The van der Waals surface area contributed by atoms with E-state index in [0.29, 0.717) is 22.1 Å². The van der Waals surface area contributed by atoms with Crippen molar-refractivity contribution in [2.75, 3.05) is 33.3 Å². The largest absolute Gasteiger partial charge is 0.497 e. The minimum atomic E-state index is -3.64. The number of rotatable bonds is 5. The summed E-state index contributed by atoms with van der Waals surface area (Å²) in [6, 6.07) is 16.8. The lowest BCUT2D eigenvalue weighted by Gasteiger charge is -2.33. The van der Waals surface area contributed by atoms with E-state index in [2.05, 4.69) is 0 Å². The molecule has 31 heavy (non-hydrogen) atoms. The van der Waals surface area contributed by atoms with Crippen LogP contribution in [0.3, 0.4) is 0 Å². The minimum absolute atomic E-state index is 0.196. The monoisotopic (exact) mass is 460 g/mol. The second kappa shape index (κ2) is 8.74. The topological polar surface area (TPSA) is 80.1 Å². The molecule has 0 radical (unpaired) electrons. The first-order chi connectivity index (χ1) is 14.9. The van der Waals surface area contributed by atoms with Crippen molar-refractivity contribution in [3.8, 4) is 17.1 Å². The van der Waals surface area contributed by atoms with Crippen molar-refractivity contribution in [2.45, 2.75) is 4.90 Å². The second-order valence-electron chi connectivity index (χ2n) is 7.02. The van der Waals surface area contributed by atoms with Gasteiger partial charge in [0.2, 0.25) is 10.0 Å². The van der Waals surface area contributed by atoms with Gasteiger partial charge in [0.15, 0.2) is 5.76 Å². The Kier molecular flexibility index (Phi) is 6.04. The summed E-state index contributed by atoms with van der Waals surface area (Å²) in [4.78, 5) is 14.6. The van der Waals surface area contributed by atoms with Crippen LogP contribution >= 0.6 is 11.6 Å². The zero-order valence-corrected chi connectivity index (χ0v) is 18.4. The lowest BCUT2D eigenvalue weighted by atomic mass is 10.2. The number of amides is 1. The summed E-state index contributed by atoms with van der Waals surface area (Å²) in [5.41, 5.74) is 0.707. The zero-order chi connectivity index (χ0) is 22.0. The molecule has 162 valence electrons. The number of ether oxygens (including phenoxy) is 1. The van der Waals surface area contributed by atoms with Gasteiger partial charge in [-0.25, -0.2) is 8.42 Å². The second-order valence-corrected chi connectivity index (χ2v) is 9.36. The van der Waals surface area contributed by atoms with Crippen LogP contribution < -0.4 is 4.74 Å². The SMILES string of the molecule is COc1ccc(S(=O)(=O)N2CCN(C(=O)c3ccc(-c4ccccc4Cl)o3)CC2)cc1. The Bertz CT molecular complexity index is 1180. The molecule has 3 aromatic rings. The number of furan rings is 1. The Morgan fingerprint density at radius 2 is 1.65 bits per heavy atom. The van der Waals surface area contributed by atoms with Gasteiger partial charge < -0.3 is 14.1 Å². The summed E-state index contributed by atoms with van der Waals surface area (Å²) in [5.74, 6) is 1.01. The standard InChI is InChI=1S/C22H21ClN2O5S/c1-29-16-6-8-17(9-7-16)31(27,28)25-14-12-24(13-15-25)22(26)21-11-10-20(30-21)18-4-2-3-5-19(18)23/h2-11H,12-15H2,1H3. The predicted octanol–water partition coefficient (Wildman–Crippen LogP) is 3.76. The van der Waals surface area contributed by atoms with Gasteiger partial charge in [-0.2, -0.15) is 4.31 Å². The third kappa shape index (κ3) is 4.32. The Morgan fingerprint density at radius 3 is 2.29 bits per heavy atom. The summed E-state index contributed by atoms with van der Waals surface area (Å²) in [6.45, 7) is 0.961. The number of halogens is 1. The molecule has 1 aliphatic rings. The number of benzene rings is 2. The molecule has 0 bridgehead atoms. The molecule has 0 N–H and O–H groups in total. The Hall–Kier alpha value is -2.81. The molecule has 1 saturated heterocycles. The first-order valence-corrected chi connectivity index (χ1v) is 11.5. The van der Waals surface area contributed by atoms with E-state index in [0.717, 1.165) is 0 Å². The predicted molar refractivity (Wildman–Crippen MR) is 117 cm³/mol. The van der Waals surface area contributed by atoms with Crippen LogP contribution in [0.2, 0.25) is 5.02 Å². The average Bonchev–Trinajstić information content (AvgIpc) is 3.29. The molecule has 7 nitrogen and oxygen atoms in total. The number of carbonyl (C=O) groups is 1. The molecule has 2 aromatic carbocycles. The van der Waals surface area contributed by atoms with Gasteiger partial charge in [0.1, 0.15) is 11.5 Å². The zero-order valence-electron chi connectivity index (χ0n) is 16.8. The first kappa shape index (κ1) is 21.4. The Morgan fingerprint density at radius 1 is 0.968 bits per heavy atom. The van der Waals surface area contributed by atoms with E-state index >= 15 is 0 Å². The van der Waals surface area contributed by atoms with Crippen LogP contribution in [0.15, 0.2) is 70.0 Å². The first-order valence-electron chi connectivity index (χ1n) is 9.68. The van der Waals surface area contributed by atoms with E-state index < -0.39 is 10.0 Å². The van der Waals surface area contributed by atoms with Crippen molar-refractivity contribution in [2.24, 2.45) is 0 Å². The van der Waals surface area contributed by atoms with Gasteiger partial charge in [-0.15, -0.1) is 0 Å². The molecule has 1 aliphatic heterocycles. The van der Waals surface area contributed by atoms with Gasteiger partial charge in [-0.3, -0.25) is 4.79 Å². The van der Waals surface area contributed by atoms with Gasteiger partial charge in [0.05, 0.1) is 17.0 Å². The molecule has 0 saturated carbocycles. The summed E-state index contributed by atoms with van der Waals surface area (Å²) in [7, 11) is -2.11. The van der Waals surface area contributed by atoms with Crippen molar-refractivity contribution in [3.63, 3.8) is 0 Å². The Balaban J connectivity index is 1.43. The van der Waals surface area contributed by atoms with Crippen LogP contribution in [0.4, 0.5) is 0 Å². The maximum absolute atomic E-state index is 12.9. The number of nitrogens with zero attached hydrogens (tertiary/aromatic N) is 2. The van der Waals surface area contributed by atoms with Gasteiger partial charge in [0.25, 0.3) is 5.91 Å². The quantitative estimate of drug-likeness (QED) is 0.579. The smallest absolute Gasteiger partial charge is 0.289 e. The van der Waals surface area contributed by atoms with Gasteiger partial charge in [0, 0.05) is 31.7 Å². The highest BCUT2D eigenvalue weighted by molar-refractivity contribution is 7.89.